The van der Waals surface area contributed by atoms with Gasteiger partial charge in [-0.05, 0) is 50.6 Å². The first-order valence-electron chi connectivity index (χ1n) is 6.86. The summed E-state index contributed by atoms with van der Waals surface area (Å²) in [6.07, 6.45) is 4.00. The lowest BCUT2D eigenvalue weighted by Crippen LogP contribution is -2.31. The Morgan fingerprint density at radius 3 is 2.74 bits per heavy atom. The number of carboxylic acid groups (broad SMARTS) is 1. The van der Waals surface area contributed by atoms with Crippen molar-refractivity contribution in [2.75, 3.05) is 25.4 Å². The molecule has 0 spiro atoms. The quantitative estimate of drug-likeness (QED) is 0.840. The van der Waals surface area contributed by atoms with Gasteiger partial charge in [0.25, 0.3) is 0 Å². The summed E-state index contributed by atoms with van der Waals surface area (Å²) in [5.41, 5.74) is 1.54. The van der Waals surface area contributed by atoms with Gasteiger partial charge in [0.2, 0.25) is 0 Å². The summed E-state index contributed by atoms with van der Waals surface area (Å²) in [7, 11) is 0. The zero-order chi connectivity index (χ0) is 13.7. The summed E-state index contributed by atoms with van der Waals surface area (Å²) >= 11 is 1.77. The first-order chi connectivity index (χ1) is 9.16. The number of carbonyl (C=O) groups is 1. The molecule has 0 aliphatic carbocycles. The van der Waals surface area contributed by atoms with Crippen molar-refractivity contribution in [3.63, 3.8) is 0 Å². The van der Waals surface area contributed by atoms with Crippen LogP contribution in [0.4, 0.5) is 0 Å². The molecule has 0 radical (unpaired) electrons. The minimum Gasteiger partial charge on any atom is -0.478 e. The Morgan fingerprint density at radius 1 is 1.32 bits per heavy atom. The van der Waals surface area contributed by atoms with E-state index in [9.17, 15) is 4.79 Å². The average Bonchev–Trinajstić information content (AvgIpc) is 2.42. The SMILES string of the molecule is Cc1ccc(C(=O)O)cc1SCCN1CCCCC1. The second kappa shape index (κ2) is 6.96. The Hall–Kier alpha value is -1.00. The van der Waals surface area contributed by atoms with Crippen LogP contribution in [0, 0.1) is 6.92 Å². The number of likely N-dealkylation sites (tertiary alicyclic amines) is 1. The van der Waals surface area contributed by atoms with E-state index in [0.717, 1.165) is 22.8 Å². The normalized spacial score (nSPS) is 16.5. The number of carboxylic acids is 1. The molecule has 0 amide bonds. The fourth-order valence-electron chi connectivity index (χ4n) is 2.36. The van der Waals surface area contributed by atoms with Crippen LogP contribution < -0.4 is 0 Å². The minimum absolute atomic E-state index is 0.381. The van der Waals surface area contributed by atoms with Crippen molar-refractivity contribution in [2.24, 2.45) is 0 Å². The van der Waals surface area contributed by atoms with Crippen LogP contribution in [0.3, 0.4) is 0 Å². The van der Waals surface area contributed by atoms with E-state index >= 15 is 0 Å². The topological polar surface area (TPSA) is 40.5 Å². The standard InChI is InChI=1S/C15H21NO2S/c1-12-5-6-13(15(17)18)11-14(12)19-10-9-16-7-3-2-4-8-16/h5-6,11H,2-4,7-10H2,1H3,(H,17,18). The van der Waals surface area contributed by atoms with Crippen molar-refractivity contribution in [1.82, 2.24) is 4.90 Å². The number of aromatic carboxylic acids is 1. The molecule has 3 nitrogen and oxygen atoms in total. The smallest absolute Gasteiger partial charge is 0.335 e. The molecule has 0 saturated carbocycles. The van der Waals surface area contributed by atoms with Crippen LogP contribution in [0.5, 0.6) is 0 Å². The van der Waals surface area contributed by atoms with Gasteiger partial charge in [-0.1, -0.05) is 12.5 Å². The van der Waals surface area contributed by atoms with E-state index in [1.165, 1.54) is 32.4 Å². The van der Waals surface area contributed by atoms with Gasteiger partial charge in [-0.2, -0.15) is 0 Å². The largest absolute Gasteiger partial charge is 0.478 e. The molecule has 104 valence electrons. The molecule has 0 aromatic heterocycles. The number of hydrogen-bond donors (Lipinski definition) is 1. The Bertz CT molecular complexity index is 442. The van der Waals surface area contributed by atoms with Crippen molar-refractivity contribution in [1.29, 1.82) is 0 Å². The third kappa shape index (κ3) is 4.25. The molecule has 2 rings (SSSR count). The fraction of sp³-hybridized carbons (Fsp3) is 0.533. The van der Waals surface area contributed by atoms with Crippen molar-refractivity contribution >= 4 is 17.7 Å². The first kappa shape index (κ1) is 14.4. The monoisotopic (exact) mass is 279 g/mol. The van der Waals surface area contributed by atoms with Crippen molar-refractivity contribution in [2.45, 2.75) is 31.1 Å². The zero-order valence-electron chi connectivity index (χ0n) is 11.4. The molecule has 19 heavy (non-hydrogen) atoms. The number of rotatable bonds is 5. The highest BCUT2D eigenvalue weighted by Crippen LogP contribution is 2.24. The molecule has 1 aromatic carbocycles. The van der Waals surface area contributed by atoms with Crippen LogP contribution in [0.25, 0.3) is 0 Å². The molecule has 1 aromatic rings. The molecule has 0 bridgehead atoms. The summed E-state index contributed by atoms with van der Waals surface area (Å²) in [6.45, 7) is 5.57. The molecule has 0 unspecified atom stereocenters. The van der Waals surface area contributed by atoms with Gasteiger partial charge in [-0.15, -0.1) is 11.8 Å². The highest BCUT2D eigenvalue weighted by Gasteiger charge is 2.10. The van der Waals surface area contributed by atoms with Gasteiger partial charge < -0.3 is 10.0 Å². The van der Waals surface area contributed by atoms with E-state index in [0.29, 0.717) is 5.56 Å². The fourth-order valence-corrected chi connectivity index (χ4v) is 3.43. The van der Waals surface area contributed by atoms with Gasteiger partial charge in [0.1, 0.15) is 0 Å². The maximum absolute atomic E-state index is 11.0. The average molecular weight is 279 g/mol. The van der Waals surface area contributed by atoms with E-state index in [-0.39, 0.29) is 0 Å². The lowest BCUT2D eigenvalue weighted by molar-refractivity contribution is 0.0696. The van der Waals surface area contributed by atoms with Crippen LogP contribution in [0.2, 0.25) is 0 Å². The van der Waals surface area contributed by atoms with Crippen LogP contribution >= 0.6 is 11.8 Å². The maximum atomic E-state index is 11.0. The third-order valence-corrected chi connectivity index (χ3v) is 4.69. The molecule has 1 fully saturated rings. The molecule has 0 atom stereocenters. The van der Waals surface area contributed by atoms with E-state index < -0.39 is 5.97 Å². The summed E-state index contributed by atoms with van der Waals surface area (Å²) in [5, 5.41) is 9.01. The highest BCUT2D eigenvalue weighted by molar-refractivity contribution is 7.99. The van der Waals surface area contributed by atoms with Crippen molar-refractivity contribution < 1.29 is 9.90 Å². The van der Waals surface area contributed by atoms with Crippen LogP contribution in [-0.2, 0) is 0 Å². The van der Waals surface area contributed by atoms with Gasteiger partial charge in [0.05, 0.1) is 5.56 Å². The molecule has 1 saturated heterocycles. The summed E-state index contributed by atoms with van der Waals surface area (Å²) in [5.74, 6) is 0.182. The number of aryl methyl sites for hydroxylation is 1. The molecule has 1 N–H and O–H groups in total. The minimum atomic E-state index is -0.849. The predicted molar refractivity (Wildman–Crippen MR) is 79.2 cm³/mol. The molecule has 4 heteroatoms. The number of benzene rings is 1. The number of piperidine rings is 1. The van der Waals surface area contributed by atoms with E-state index in [2.05, 4.69) is 4.90 Å². The van der Waals surface area contributed by atoms with Gasteiger partial charge in [0.15, 0.2) is 0 Å². The lowest BCUT2D eigenvalue weighted by Gasteiger charge is -2.26. The van der Waals surface area contributed by atoms with Gasteiger partial charge in [-0.3, -0.25) is 0 Å². The van der Waals surface area contributed by atoms with Gasteiger partial charge in [0, 0.05) is 17.2 Å². The van der Waals surface area contributed by atoms with Gasteiger partial charge >= 0.3 is 5.97 Å². The highest BCUT2D eigenvalue weighted by atomic mass is 32.2. The number of hydrogen-bond acceptors (Lipinski definition) is 3. The molecule has 1 heterocycles. The molecule has 1 aliphatic heterocycles. The zero-order valence-corrected chi connectivity index (χ0v) is 12.2. The van der Waals surface area contributed by atoms with Gasteiger partial charge in [-0.25, -0.2) is 4.79 Å². The summed E-state index contributed by atoms with van der Waals surface area (Å²) < 4.78 is 0. The Kier molecular flexibility index (Phi) is 5.28. The Balaban J connectivity index is 1.87. The molecular weight excluding hydrogens is 258 g/mol. The number of thioether (sulfide) groups is 1. The Labute approximate surface area is 119 Å². The second-order valence-corrected chi connectivity index (χ2v) is 6.17. The summed E-state index contributed by atoms with van der Waals surface area (Å²) in [4.78, 5) is 14.6. The first-order valence-corrected chi connectivity index (χ1v) is 7.84. The summed E-state index contributed by atoms with van der Waals surface area (Å²) in [6, 6.07) is 5.36. The van der Waals surface area contributed by atoms with Crippen molar-refractivity contribution in [3.05, 3.63) is 29.3 Å². The predicted octanol–water partition coefficient (Wildman–Crippen LogP) is 3.27. The second-order valence-electron chi connectivity index (χ2n) is 5.04. The number of nitrogens with zero attached hydrogens (tertiary/aromatic N) is 1. The van der Waals surface area contributed by atoms with E-state index in [4.69, 9.17) is 5.11 Å². The van der Waals surface area contributed by atoms with Crippen LogP contribution in [-0.4, -0.2) is 41.4 Å². The van der Waals surface area contributed by atoms with E-state index in [1.807, 2.05) is 13.0 Å². The lowest BCUT2D eigenvalue weighted by atomic mass is 10.1. The maximum Gasteiger partial charge on any atom is 0.335 e. The molecular formula is C15H21NO2S. The third-order valence-electron chi connectivity index (χ3n) is 3.55. The molecule has 1 aliphatic rings. The van der Waals surface area contributed by atoms with Crippen LogP contribution in [0.1, 0.15) is 35.2 Å². The van der Waals surface area contributed by atoms with Crippen LogP contribution in [0.15, 0.2) is 23.1 Å². The van der Waals surface area contributed by atoms with Crippen molar-refractivity contribution in [3.8, 4) is 0 Å². The van der Waals surface area contributed by atoms with E-state index in [1.54, 1.807) is 23.9 Å². The Morgan fingerprint density at radius 2 is 2.05 bits per heavy atom.